The molecule has 0 aliphatic carbocycles. The second-order valence-electron chi connectivity index (χ2n) is 5.73. The van der Waals surface area contributed by atoms with Gasteiger partial charge in [-0.25, -0.2) is 10.2 Å². The summed E-state index contributed by atoms with van der Waals surface area (Å²) in [5, 5.41) is 3.91. The highest BCUT2D eigenvalue weighted by molar-refractivity contribution is 5.94. The van der Waals surface area contributed by atoms with Crippen LogP contribution in [0.15, 0.2) is 76.6 Å². The quantitative estimate of drug-likeness (QED) is 0.234. The molecule has 0 aliphatic heterocycles. The molecule has 1 amide bonds. The molecule has 2 heterocycles. The van der Waals surface area contributed by atoms with E-state index in [-0.39, 0.29) is 5.91 Å². The van der Waals surface area contributed by atoms with Crippen LogP contribution in [0.3, 0.4) is 0 Å². The van der Waals surface area contributed by atoms with E-state index in [4.69, 9.17) is 9.15 Å². The number of amides is 1. The zero-order valence-corrected chi connectivity index (χ0v) is 15.0. The van der Waals surface area contributed by atoms with E-state index in [1.54, 1.807) is 48.5 Å². The number of ether oxygens (including phenoxy) is 1. The lowest BCUT2D eigenvalue weighted by Gasteiger charge is -2.02. The van der Waals surface area contributed by atoms with Crippen molar-refractivity contribution >= 4 is 24.2 Å². The van der Waals surface area contributed by atoms with Gasteiger partial charge in [-0.1, -0.05) is 12.1 Å². The van der Waals surface area contributed by atoms with E-state index < -0.39 is 5.97 Å². The molecular formula is C21H17N3O4. The van der Waals surface area contributed by atoms with Gasteiger partial charge in [-0.05, 0) is 55.0 Å². The molecule has 0 aliphatic rings. The summed E-state index contributed by atoms with van der Waals surface area (Å²) in [4.78, 5) is 27.9. The Morgan fingerprint density at radius 1 is 1.18 bits per heavy atom. The third kappa shape index (κ3) is 5.50. The van der Waals surface area contributed by atoms with E-state index in [1.165, 1.54) is 30.8 Å². The highest BCUT2D eigenvalue weighted by atomic mass is 16.5. The molecule has 2 aromatic heterocycles. The van der Waals surface area contributed by atoms with Crippen LogP contribution < -0.4 is 10.2 Å². The molecule has 0 fully saturated rings. The van der Waals surface area contributed by atoms with Crippen molar-refractivity contribution in [3.8, 4) is 5.75 Å². The van der Waals surface area contributed by atoms with Crippen LogP contribution in [-0.4, -0.2) is 23.1 Å². The van der Waals surface area contributed by atoms with Crippen molar-refractivity contribution in [1.82, 2.24) is 10.4 Å². The van der Waals surface area contributed by atoms with Crippen LogP contribution in [-0.2, 0) is 4.79 Å². The number of carbonyl (C=O) groups is 2. The number of nitrogens with one attached hydrogen (secondary N) is 1. The monoisotopic (exact) mass is 375 g/mol. The van der Waals surface area contributed by atoms with Crippen LogP contribution >= 0.6 is 0 Å². The maximum atomic E-state index is 12.0. The van der Waals surface area contributed by atoms with Crippen molar-refractivity contribution in [2.45, 2.75) is 6.92 Å². The van der Waals surface area contributed by atoms with Crippen molar-refractivity contribution < 1.29 is 18.7 Å². The Morgan fingerprint density at radius 3 is 2.82 bits per heavy atom. The molecule has 1 N–H and O–H groups in total. The van der Waals surface area contributed by atoms with E-state index in [0.29, 0.717) is 22.6 Å². The van der Waals surface area contributed by atoms with Crippen LogP contribution in [0.4, 0.5) is 0 Å². The van der Waals surface area contributed by atoms with E-state index in [9.17, 15) is 9.59 Å². The summed E-state index contributed by atoms with van der Waals surface area (Å²) >= 11 is 0. The van der Waals surface area contributed by atoms with Gasteiger partial charge >= 0.3 is 5.97 Å². The zero-order chi connectivity index (χ0) is 19.8. The number of aryl methyl sites for hydroxylation is 1. The first-order valence-electron chi connectivity index (χ1n) is 8.40. The molecule has 0 saturated heterocycles. The molecular weight excluding hydrogens is 358 g/mol. The number of rotatable bonds is 6. The molecule has 3 aromatic rings. The molecule has 0 unspecified atom stereocenters. The van der Waals surface area contributed by atoms with E-state index in [2.05, 4.69) is 15.5 Å². The van der Waals surface area contributed by atoms with Gasteiger partial charge in [0.25, 0.3) is 5.91 Å². The summed E-state index contributed by atoms with van der Waals surface area (Å²) in [6, 6.07) is 13.6. The fourth-order valence-electron chi connectivity index (χ4n) is 2.18. The topological polar surface area (TPSA) is 93.8 Å². The highest BCUT2D eigenvalue weighted by Gasteiger charge is 2.04. The number of hydrogen-bond donors (Lipinski definition) is 1. The van der Waals surface area contributed by atoms with E-state index in [1.807, 2.05) is 6.92 Å². The second kappa shape index (κ2) is 9.09. The molecule has 3 rings (SSSR count). The molecule has 0 bridgehead atoms. The van der Waals surface area contributed by atoms with Crippen molar-refractivity contribution in [3.05, 3.63) is 89.6 Å². The average molecular weight is 375 g/mol. The van der Waals surface area contributed by atoms with Crippen molar-refractivity contribution in [1.29, 1.82) is 0 Å². The van der Waals surface area contributed by atoms with Crippen LogP contribution in [0.2, 0.25) is 0 Å². The molecule has 0 radical (unpaired) electrons. The molecule has 0 saturated carbocycles. The van der Waals surface area contributed by atoms with Crippen LogP contribution in [0, 0.1) is 6.92 Å². The van der Waals surface area contributed by atoms with Gasteiger partial charge in [0, 0.05) is 18.0 Å². The molecule has 0 spiro atoms. The van der Waals surface area contributed by atoms with Crippen molar-refractivity contribution in [2.75, 3.05) is 0 Å². The number of carbonyl (C=O) groups excluding carboxylic acids is 2. The number of nitrogens with zero attached hydrogens (tertiary/aromatic N) is 2. The third-order valence-electron chi connectivity index (χ3n) is 3.56. The Kier molecular flexibility index (Phi) is 6.10. The largest absolute Gasteiger partial charge is 0.465 e. The lowest BCUT2D eigenvalue weighted by molar-refractivity contribution is -0.128. The lowest BCUT2D eigenvalue weighted by Crippen LogP contribution is -2.17. The smallest absolute Gasteiger partial charge is 0.336 e. The number of esters is 1. The number of benzene rings is 1. The minimum atomic E-state index is -0.536. The van der Waals surface area contributed by atoms with Crippen LogP contribution in [0.1, 0.15) is 27.4 Å². The van der Waals surface area contributed by atoms with Gasteiger partial charge in [0.1, 0.15) is 11.5 Å². The summed E-state index contributed by atoms with van der Waals surface area (Å²) < 4.78 is 10.3. The predicted molar refractivity (Wildman–Crippen MR) is 104 cm³/mol. The molecule has 0 atom stereocenters. The maximum Gasteiger partial charge on any atom is 0.336 e. The van der Waals surface area contributed by atoms with Gasteiger partial charge in [-0.15, -0.1) is 0 Å². The lowest BCUT2D eigenvalue weighted by atomic mass is 10.2. The Bertz CT molecular complexity index is 1010. The molecule has 7 nitrogen and oxygen atoms in total. The maximum absolute atomic E-state index is 12.0. The SMILES string of the molecule is Cc1ccc(C(=O)N/N=C\c2cccc(OC(=O)/C=C/c3ccco3)c2)cn1. The second-order valence-corrected chi connectivity index (χ2v) is 5.73. The summed E-state index contributed by atoms with van der Waals surface area (Å²) in [7, 11) is 0. The minimum absolute atomic E-state index is 0.354. The Morgan fingerprint density at radius 2 is 2.07 bits per heavy atom. The first-order chi connectivity index (χ1) is 13.6. The standard InChI is InChI=1S/C21H17N3O4/c1-15-7-8-17(14-22-15)21(26)24-23-13-16-4-2-5-19(12-16)28-20(25)10-9-18-6-3-11-27-18/h2-14H,1H3,(H,24,26)/b10-9+,23-13-. The van der Waals surface area contributed by atoms with Gasteiger partial charge in [0.15, 0.2) is 0 Å². The van der Waals surface area contributed by atoms with Gasteiger partial charge in [-0.3, -0.25) is 9.78 Å². The van der Waals surface area contributed by atoms with Gasteiger partial charge < -0.3 is 9.15 Å². The van der Waals surface area contributed by atoms with Gasteiger partial charge in [0.2, 0.25) is 0 Å². The number of aromatic nitrogens is 1. The fourth-order valence-corrected chi connectivity index (χ4v) is 2.18. The van der Waals surface area contributed by atoms with Gasteiger partial charge in [0.05, 0.1) is 18.0 Å². The predicted octanol–water partition coefficient (Wildman–Crippen LogP) is 3.37. The Hall–Kier alpha value is -4.00. The normalized spacial score (nSPS) is 11.0. The first-order valence-corrected chi connectivity index (χ1v) is 8.40. The molecule has 7 heteroatoms. The van der Waals surface area contributed by atoms with Crippen molar-refractivity contribution in [2.24, 2.45) is 5.10 Å². The average Bonchev–Trinajstić information content (AvgIpc) is 3.21. The molecule has 1 aromatic carbocycles. The fraction of sp³-hybridized carbons (Fsp3) is 0.0476. The van der Waals surface area contributed by atoms with E-state index in [0.717, 1.165) is 5.69 Å². The summed E-state index contributed by atoms with van der Waals surface area (Å²) in [6.07, 6.45) is 7.24. The third-order valence-corrected chi connectivity index (χ3v) is 3.56. The summed E-state index contributed by atoms with van der Waals surface area (Å²) in [5.74, 6) is 0.00418. The highest BCUT2D eigenvalue weighted by Crippen LogP contribution is 2.13. The number of pyridine rings is 1. The number of furan rings is 1. The van der Waals surface area contributed by atoms with Crippen LogP contribution in [0.25, 0.3) is 6.08 Å². The first kappa shape index (κ1) is 18.8. The minimum Gasteiger partial charge on any atom is -0.465 e. The Balaban J connectivity index is 1.56. The zero-order valence-electron chi connectivity index (χ0n) is 15.0. The summed E-state index contributed by atoms with van der Waals surface area (Å²) in [6.45, 7) is 1.84. The summed E-state index contributed by atoms with van der Waals surface area (Å²) in [5.41, 5.74) is 4.31. The number of hydrazone groups is 1. The molecule has 140 valence electrons. The Labute approximate surface area is 161 Å². The van der Waals surface area contributed by atoms with Crippen LogP contribution in [0.5, 0.6) is 5.75 Å². The van der Waals surface area contributed by atoms with Gasteiger partial charge in [-0.2, -0.15) is 5.10 Å². The number of hydrogen-bond acceptors (Lipinski definition) is 6. The van der Waals surface area contributed by atoms with E-state index >= 15 is 0 Å². The van der Waals surface area contributed by atoms with Crippen molar-refractivity contribution in [3.63, 3.8) is 0 Å². The molecule has 28 heavy (non-hydrogen) atoms.